The summed E-state index contributed by atoms with van der Waals surface area (Å²) in [5.41, 5.74) is 0.612. The molecule has 0 saturated heterocycles. The van der Waals surface area contributed by atoms with E-state index in [1.807, 2.05) is 0 Å². The van der Waals surface area contributed by atoms with E-state index in [0.717, 1.165) is 4.31 Å². The zero-order valence-electron chi connectivity index (χ0n) is 20.8. The molecule has 0 aliphatic carbocycles. The Labute approximate surface area is 216 Å². The van der Waals surface area contributed by atoms with Crippen LogP contribution in [0.1, 0.15) is 10.4 Å². The quantitative estimate of drug-likeness (QED) is 0.347. The fraction of sp³-hybridized carbons (Fsp3) is 0.231. The van der Waals surface area contributed by atoms with Crippen LogP contribution in [0, 0.1) is 0 Å². The van der Waals surface area contributed by atoms with E-state index in [0.29, 0.717) is 12.4 Å². The summed E-state index contributed by atoms with van der Waals surface area (Å²) in [6, 6.07) is 18.8. The molecule has 0 spiro atoms. The summed E-state index contributed by atoms with van der Waals surface area (Å²) in [7, 11) is 0.213. The lowest BCUT2D eigenvalue weighted by Gasteiger charge is -2.26. The van der Waals surface area contributed by atoms with Crippen LogP contribution in [-0.2, 0) is 19.6 Å². The van der Waals surface area contributed by atoms with Gasteiger partial charge in [0.05, 0.1) is 42.7 Å². The van der Waals surface area contributed by atoms with E-state index >= 15 is 0 Å². The van der Waals surface area contributed by atoms with Crippen molar-refractivity contribution in [3.63, 3.8) is 0 Å². The number of hydrogen-bond donors (Lipinski definition) is 2. The van der Waals surface area contributed by atoms with Crippen LogP contribution in [-0.4, -0.2) is 61.3 Å². The molecule has 0 radical (unpaired) electrons. The third kappa shape index (κ3) is 6.78. The highest BCUT2D eigenvalue weighted by Gasteiger charge is 2.30. The van der Waals surface area contributed by atoms with Crippen LogP contribution >= 0.6 is 0 Å². The molecule has 196 valence electrons. The second kappa shape index (κ2) is 12.7. The van der Waals surface area contributed by atoms with Gasteiger partial charge >= 0.3 is 0 Å². The van der Waals surface area contributed by atoms with Crippen molar-refractivity contribution >= 4 is 33.2 Å². The molecule has 3 aromatic rings. The van der Waals surface area contributed by atoms with Crippen molar-refractivity contribution in [2.45, 2.75) is 4.90 Å². The first-order valence-corrected chi connectivity index (χ1v) is 12.7. The highest BCUT2D eigenvalue weighted by Crippen LogP contribution is 2.35. The molecule has 0 atom stereocenters. The smallest absolute Gasteiger partial charge is 0.264 e. The first kappa shape index (κ1) is 27.5. The van der Waals surface area contributed by atoms with Gasteiger partial charge in [0, 0.05) is 19.7 Å². The molecule has 0 saturated carbocycles. The topological polar surface area (TPSA) is 123 Å². The number of benzene rings is 3. The van der Waals surface area contributed by atoms with E-state index in [9.17, 15) is 18.0 Å². The minimum Gasteiger partial charge on any atom is -0.497 e. The molecule has 37 heavy (non-hydrogen) atoms. The van der Waals surface area contributed by atoms with Crippen LogP contribution < -0.4 is 24.4 Å². The maximum Gasteiger partial charge on any atom is 0.264 e. The molecule has 3 rings (SSSR count). The average molecular weight is 528 g/mol. The van der Waals surface area contributed by atoms with Gasteiger partial charge < -0.3 is 24.8 Å². The van der Waals surface area contributed by atoms with Gasteiger partial charge in [0.25, 0.3) is 15.9 Å². The fourth-order valence-electron chi connectivity index (χ4n) is 3.48. The number of carbonyl (C=O) groups excluding carboxylic acids is 2. The third-order valence-corrected chi connectivity index (χ3v) is 7.09. The molecule has 0 aliphatic rings. The molecule has 3 aromatic carbocycles. The normalized spacial score (nSPS) is 10.9. The number of para-hydroxylation sites is 1. The van der Waals surface area contributed by atoms with Crippen molar-refractivity contribution in [2.24, 2.45) is 0 Å². The number of amides is 2. The second-order valence-corrected chi connectivity index (χ2v) is 9.57. The minimum absolute atomic E-state index is 0.00130. The lowest BCUT2D eigenvalue weighted by Crippen LogP contribution is -2.38. The van der Waals surface area contributed by atoms with Gasteiger partial charge in [0.15, 0.2) is 0 Å². The van der Waals surface area contributed by atoms with Crippen molar-refractivity contribution < 1.29 is 32.2 Å². The lowest BCUT2D eigenvalue weighted by molar-refractivity contribution is -0.114. The van der Waals surface area contributed by atoms with Gasteiger partial charge in [0.1, 0.15) is 18.0 Å². The molecule has 10 nitrogen and oxygen atoms in total. The molecule has 2 N–H and O–H groups in total. The zero-order chi connectivity index (χ0) is 26.8. The van der Waals surface area contributed by atoms with Crippen molar-refractivity contribution in [3.8, 4) is 11.5 Å². The summed E-state index contributed by atoms with van der Waals surface area (Å²) < 4.78 is 43.8. The van der Waals surface area contributed by atoms with E-state index in [2.05, 4.69) is 10.6 Å². The third-order valence-electron chi connectivity index (χ3n) is 5.31. The Hall–Kier alpha value is -4.09. The van der Waals surface area contributed by atoms with Gasteiger partial charge in [-0.3, -0.25) is 13.9 Å². The number of nitrogens with one attached hydrogen (secondary N) is 2. The van der Waals surface area contributed by atoms with Crippen LogP contribution in [0.3, 0.4) is 0 Å². The van der Waals surface area contributed by atoms with Crippen molar-refractivity contribution in [3.05, 3.63) is 78.4 Å². The summed E-state index contributed by atoms with van der Waals surface area (Å²) in [4.78, 5) is 25.8. The lowest BCUT2D eigenvalue weighted by atomic mass is 10.1. The van der Waals surface area contributed by atoms with Gasteiger partial charge in [-0.1, -0.05) is 30.3 Å². The largest absolute Gasteiger partial charge is 0.497 e. The Morgan fingerprint density at radius 2 is 1.59 bits per heavy atom. The van der Waals surface area contributed by atoms with Gasteiger partial charge in [-0.2, -0.15) is 0 Å². The average Bonchev–Trinajstić information content (AvgIpc) is 2.92. The number of methoxy groups -OCH3 is 3. The fourth-order valence-corrected chi connectivity index (χ4v) is 4.93. The van der Waals surface area contributed by atoms with Crippen LogP contribution in [0.2, 0.25) is 0 Å². The van der Waals surface area contributed by atoms with Crippen LogP contribution in [0.15, 0.2) is 77.7 Å². The molecule has 0 aliphatic heterocycles. The Kier molecular flexibility index (Phi) is 9.47. The summed E-state index contributed by atoms with van der Waals surface area (Å²) >= 11 is 0. The Balaban J connectivity index is 1.95. The van der Waals surface area contributed by atoms with E-state index in [1.165, 1.54) is 45.6 Å². The molecule has 2 amide bonds. The summed E-state index contributed by atoms with van der Waals surface area (Å²) in [6.45, 7) is 0.0355. The van der Waals surface area contributed by atoms with E-state index < -0.39 is 28.4 Å². The van der Waals surface area contributed by atoms with Crippen LogP contribution in [0.4, 0.5) is 11.4 Å². The Morgan fingerprint density at radius 1 is 0.892 bits per heavy atom. The maximum atomic E-state index is 13.6. The molecule has 0 aromatic heterocycles. The van der Waals surface area contributed by atoms with E-state index in [1.54, 1.807) is 48.5 Å². The SMILES string of the molecule is COCCNC(=O)c1ccccc1NC(=O)CN(c1ccc(OC)cc1OC)S(=O)(=O)c1ccccc1. The number of nitrogens with zero attached hydrogens (tertiary/aromatic N) is 1. The number of ether oxygens (including phenoxy) is 3. The number of rotatable bonds is 12. The van der Waals surface area contributed by atoms with Gasteiger partial charge in [0.2, 0.25) is 5.91 Å². The van der Waals surface area contributed by atoms with Crippen LogP contribution in [0.5, 0.6) is 11.5 Å². The maximum absolute atomic E-state index is 13.6. The van der Waals surface area contributed by atoms with Crippen molar-refractivity contribution in [1.29, 1.82) is 0 Å². The van der Waals surface area contributed by atoms with Crippen molar-refractivity contribution in [2.75, 3.05) is 50.6 Å². The second-order valence-electron chi connectivity index (χ2n) is 7.70. The summed E-state index contributed by atoms with van der Waals surface area (Å²) in [5, 5.41) is 5.36. The summed E-state index contributed by atoms with van der Waals surface area (Å²) in [5.74, 6) is -0.409. The molecule has 0 fully saturated rings. The molecule has 11 heteroatoms. The Morgan fingerprint density at radius 3 is 2.27 bits per heavy atom. The number of carbonyl (C=O) groups is 2. The number of sulfonamides is 1. The number of anilines is 2. The van der Waals surface area contributed by atoms with Gasteiger partial charge in [-0.25, -0.2) is 8.42 Å². The molecular weight excluding hydrogens is 498 g/mol. The van der Waals surface area contributed by atoms with E-state index in [4.69, 9.17) is 14.2 Å². The summed E-state index contributed by atoms with van der Waals surface area (Å²) in [6.07, 6.45) is 0. The van der Waals surface area contributed by atoms with Crippen molar-refractivity contribution in [1.82, 2.24) is 5.32 Å². The highest BCUT2D eigenvalue weighted by atomic mass is 32.2. The minimum atomic E-state index is -4.18. The molecule has 0 bridgehead atoms. The predicted octanol–water partition coefficient (Wildman–Crippen LogP) is 2.91. The van der Waals surface area contributed by atoms with Gasteiger partial charge in [-0.05, 0) is 36.4 Å². The number of hydrogen-bond acceptors (Lipinski definition) is 7. The molecular formula is C26H29N3O7S. The first-order chi connectivity index (χ1) is 17.8. The van der Waals surface area contributed by atoms with Gasteiger partial charge in [-0.15, -0.1) is 0 Å². The van der Waals surface area contributed by atoms with E-state index in [-0.39, 0.29) is 34.1 Å². The first-order valence-electron chi connectivity index (χ1n) is 11.3. The highest BCUT2D eigenvalue weighted by molar-refractivity contribution is 7.92. The molecule has 0 unspecified atom stereocenters. The standard InChI is InChI=1S/C26H29N3O7S/c1-34-16-15-27-26(31)21-11-7-8-12-22(21)28-25(30)18-29(37(32,33)20-9-5-4-6-10-20)23-14-13-19(35-2)17-24(23)36-3/h4-14,17H,15-16,18H2,1-3H3,(H,27,31)(H,28,30). The molecule has 0 heterocycles. The predicted molar refractivity (Wildman–Crippen MR) is 140 cm³/mol. The monoisotopic (exact) mass is 527 g/mol. The van der Waals surface area contributed by atoms with Crippen LogP contribution in [0.25, 0.3) is 0 Å². The Bertz CT molecular complexity index is 1330. The zero-order valence-corrected chi connectivity index (χ0v) is 21.6.